The number of carbonyl (C=O) groups is 1. The second-order valence-corrected chi connectivity index (χ2v) is 6.92. The smallest absolute Gasteiger partial charge is 0.272 e. The van der Waals surface area contributed by atoms with E-state index in [4.69, 9.17) is 0 Å². The van der Waals surface area contributed by atoms with Gasteiger partial charge in [-0.3, -0.25) is 4.79 Å². The summed E-state index contributed by atoms with van der Waals surface area (Å²) in [5, 5.41) is 11.2. The Kier molecular flexibility index (Phi) is 5.45. The van der Waals surface area contributed by atoms with E-state index in [9.17, 15) is 4.79 Å². The third-order valence-corrected chi connectivity index (χ3v) is 5.29. The van der Waals surface area contributed by atoms with Gasteiger partial charge in [0.05, 0.1) is 5.69 Å². The molecular weight excluding hydrogens is 336 g/mol. The molecule has 2 unspecified atom stereocenters. The molecule has 2 atom stereocenters. The molecular formula is C19H25ClN4O. The van der Waals surface area contributed by atoms with Crippen LogP contribution in [0.3, 0.4) is 0 Å². The second-order valence-electron chi connectivity index (χ2n) is 6.92. The molecule has 2 aliphatic rings. The third kappa shape index (κ3) is 3.44. The number of aromatic nitrogens is 2. The van der Waals surface area contributed by atoms with Gasteiger partial charge in [-0.25, -0.2) is 4.68 Å². The topological polar surface area (TPSA) is 58.9 Å². The summed E-state index contributed by atoms with van der Waals surface area (Å²) in [6.07, 6.45) is 4.14. The van der Waals surface area contributed by atoms with Crippen LogP contribution < -0.4 is 10.6 Å². The number of piperidine rings is 1. The van der Waals surface area contributed by atoms with Gasteiger partial charge in [-0.2, -0.15) is 5.10 Å². The molecule has 1 aliphatic carbocycles. The highest BCUT2D eigenvalue weighted by atomic mass is 35.5. The molecule has 1 aromatic carbocycles. The number of benzene rings is 1. The fraction of sp³-hybridized carbons (Fsp3) is 0.474. The highest BCUT2D eigenvalue weighted by Gasteiger charge is 2.29. The van der Waals surface area contributed by atoms with E-state index in [1.807, 2.05) is 35.0 Å². The van der Waals surface area contributed by atoms with Crippen molar-refractivity contribution in [3.63, 3.8) is 0 Å². The Morgan fingerprint density at radius 3 is 2.84 bits per heavy atom. The van der Waals surface area contributed by atoms with Crippen LogP contribution in [0.2, 0.25) is 0 Å². The van der Waals surface area contributed by atoms with E-state index in [0.29, 0.717) is 11.6 Å². The minimum Gasteiger partial charge on any atom is -0.346 e. The Morgan fingerprint density at radius 1 is 1.28 bits per heavy atom. The minimum atomic E-state index is -0.0246. The molecule has 25 heavy (non-hydrogen) atoms. The van der Waals surface area contributed by atoms with Gasteiger partial charge in [-0.15, -0.1) is 12.4 Å². The number of hydrogen-bond donors (Lipinski definition) is 2. The van der Waals surface area contributed by atoms with Crippen molar-refractivity contribution in [2.75, 3.05) is 13.1 Å². The molecule has 1 aromatic heterocycles. The van der Waals surface area contributed by atoms with E-state index in [1.165, 1.54) is 5.69 Å². The van der Waals surface area contributed by atoms with Gasteiger partial charge in [-0.1, -0.05) is 25.1 Å². The first kappa shape index (κ1) is 18.0. The van der Waals surface area contributed by atoms with E-state index in [0.717, 1.165) is 50.0 Å². The fourth-order valence-corrected chi connectivity index (χ4v) is 3.82. The molecule has 2 aromatic rings. The molecule has 4 rings (SSSR count). The summed E-state index contributed by atoms with van der Waals surface area (Å²) in [4.78, 5) is 12.8. The normalized spacial score (nSPS) is 22.1. The lowest BCUT2D eigenvalue weighted by atomic mass is 9.94. The summed E-state index contributed by atoms with van der Waals surface area (Å²) in [7, 11) is 0. The first-order valence-electron chi connectivity index (χ1n) is 8.92. The maximum atomic E-state index is 12.8. The lowest BCUT2D eigenvalue weighted by Gasteiger charge is -2.30. The summed E-state index contributed by atoms with van der Waals surface area (Å²) in [6.45, 7) is 4.08. The summed E-state index contributed by atoms with van der Waals surface area (Å²) in [6, 6.07) is 10.3. The van der Waals surface area contributed by atoms with Gasteiger partial charge in [-0.05, 0) is 50.3 Å². The van der Waals surface area contributed by atoms with Crippen molar-refractivity contribution < 1.29 is 4.79 Å². The third-order valence-electron chi connectivity index (χ3n) is 5.29. The Morgan fingerprint density at radius 2 is 2.08 bits per heavy atom. The van der Waals surface area contributed by atoms with Gasteiger partial charge < -0.3 is 10.6 Å². The zero-order valence-electron chi connectivity index (χ0n) is 14.5. The van der Waals surface area contributed by atoms with E-state index in [-0.39, 0.29) is 24.4 Å². The molecule has 1 amide bonds. The number of fused-ring (bicyclic) bond motifs is 1. The first-order valence-corrected chi connectivity index (χ1v) is 8.92. The maximum absolute atomic E-state index is 12.8. The summed E-state index contributed by atoms with van der Waals surface area (Å²) < 4.78 is 1.96. The lowest BCUT2D eigenvalue weighted by Crippen LogP contribution is -2.50. The quantitative estimate of drug-likeness (QED) is 0.884. The number of para-hydroxylation sites is 1. The van der Waals surface area contributed by atoms with Crippen LogP contribution in [0.4, 0.5) is 0 Å². The monoisotopic (exact) mass is 360 g/mol. The largest absolute Gasteiger partial charge is 0.346 e. The second kappa shape index (κ2) is 7.58. The molecule has 1 saturated heterocycles. The number of halogens is 1. The number of nitrogens with zero attached hydrogens (tertiary/aromatic N) is 2. The predicted octanol–water partition coefficient (Wildman–Crippen LogP) is 2.51. The van der Waals surface area contributed by atoms with Crippen molar-refractivity contribution in [1.29, 1.82) is 0 Å². The number of hydrogen-bond acceptors (Lipinski definition) is 3. The number of amides is 1. The molecule has 1 aliphatic heterocycles. The minimum absolute atomic E-state index is 0. The highest BCUT2D eigenvalue weighted by Crippen LogP contribution is 2.28. The van der Waals surface area contributed by atoms with Crippen LogP contribution in [-0.2, 0) is 12.8 Å². The molecule has 2 heterocycles. The average molecular weight is 361 g/mol. The maximum Gasteiger partial charge on any atom is 0.272 e. The van der Waals surface area contributed by atoms with Crippen LogP contribution in [0, 0.1) is 5.92 Å². The van der Waals surface area contributed by atoms with Crippen molar-refractivity contribution in [3.8, 4) is 5.69 Å². The van der Waals surface area contributed by atoms with Gasteiger partial charge in [0.1, 0.15) is 0 Å². The van der Waals surface area contributed by atoms with E-state index in [1.54, 1.807) is 0 Å². The van der Waals surface area contributed by atoms with Crippen molar-refractivity contribution >= 4 is 18.3 Å². The molecule has 5 nitrogen and oxygen atoms in total. The van der Waals surface area contributed by atoms with Crippen LogP contribution in [0.25, 0.3) is 5.69 Å². The molecule has 0 saturated carbocycles. The standard InChI is InChI=1S/C19H24N4O.ClH/c1-13-10-11-20-12-16(13)21-19(24)18-15-8-5-9-17(15)23(22-18)14-6-3-2-4-7-14;/h2-4,6-7,13,16,20H,5,8-12H2,1H3,(H,21,24);1H. The van der Waals surface area contributed by atoms with Crippen molar-refractivity contribution in [2.24, 2.45) is 5.92 Å². The molecule has 2 N–H and O–H groups in total. The fourth-order valence-electron chi connectivity index (χ4n) is 3.82. The van der Waals surface area contributed by atoms with Crippen molar-refractivity contribution in [1.82, 2.24) is 20.4 Å². The van der Waals surface area contributed by atoms with E-state index in [2.05, 4.69) is 22.7 Å². The Bertz CT molecular complexity index is 743. The average Bonchev–Trinajstić information content (AvgIpc) is 3.20. The van der Waals surface area contributed by atoms with E-state index < -0.39 is 0 Å². The van der Waals surface area contributed by atoms with Crippen molar-refractivity contribution in [2.45, 2.75) is 38.6 Å². The zero-order valence-corrected chi connectivity index (χ0v) is 15.3. The van der Waals surface area contributed by atoms with Gasteiger partial charge >= 0.3 is 0 Å². The lowest BCUT2D eigenvalue weighted by molar-refractivity contribution is 0.0909. The SMILES string of the molecule is CC1CCNCC1NC(=O)c1nn(-c2ccccc2)c2c1CCC2.Cl. The molecule has 134 valence electrons. The predicted molar refractivity (Wildman–Crippen MR) is 101 cm³/mol. The Balaban J connectivity index is 0.00000182. The number of carbonyl (C=O) groups excluding carboxylic acids is 1. The van der Waals surface area contributed by atoms with Crippen LogP contribution in [0.5, 0.6) is 0 Å². The van der Waals surface area contributed by atoms with Crippen LogP contribution in [0.15, 0.2) is 30.3 Å². The molecule has 0 radical (unpaired) electrons. The summed E-state index contributed by atoms with van der Waals surface area (Å²) >= 11 is 0. The summed E-state index contributed by atoms with van der Waals surface area (Å²) in [5.41, 5.74) is 3.97. The van der Waals surface area contributed by atoms with Crippen LogP contribution in [0.1, 0.15) is 41.5 Å². The summed E-state index contributed by atoms with van der Waals surface area (Å²) in [5.74, 6) is 0.475. The van der Waals surface area contributed by atoms with E-state index >= 15 is 0 Å². The van der Waals surface area contributed by atoms with Crippen molar-refractivity contribution in [3.05, 3.63) is 47.3 Å². The van der Waals surface area contributed by atoms with Gasteiger partial charge in [0.25, 0.3) is 5.91 Å². The van der Waals surface area contributed by atoms with Gasteiger partial charge in [0.2, 0.25) is 0 Å². The molecule has 6 heteroatoms. The highest BCUT2D eigenvalue weighted by molar-refractivity contribution is 5.94. The van der Waals surface area contributed by atoms with Gasteiger partial charge in [0.15, 0.2) is 5.69 Å². The molecule has 0 spiro atoms. The zero-order chi connectivity index (χ0) is 16.5. The molecule has 0 bridgehead atoms. The van der Waals surface area contributed by atoms with Gasteiger partial charge in [0, 0.05) is 23.8 Å². The van der Waals surface area contributed by atoms with Crippen LogP contribution in [-0.4, -0.2) is 34.8 Å². The van der Waals surface area contributed by atoms with Crippen LogP contribution >= 0.6 is 12.4 Å². The number of rotatable bonds is 3. The number of nitrogens with one attached hydrogen (secondary N) is 2. The Hall–Kier alpha value is -1.85. The molecule has 1 fully saturated rings. The first-order chi connectivity index (χ1) is 11.7. The Labute approximate surface area is 154 Å².